The Bertz CT molecular complexity index is 353. The molecule has 15 heavy (non-hydrogen) atoms. The van der Waals surface area contributed by atoms with E-state index in [1.165, 1.54) is 14.0 Å². The SMILES string of the molecule is COc1ccccc1[C@H](O)[C@@H](C)S(=O)O. The van der Waals surface area contributed by atoms with Gasteiger partial charge in [0.15, 0.2) is 11.1 Å². The highest BCUT2D eigenvalue weighted by atomic mass is 32.2. The molecule has 0 fully saturated rings. The molecule has 0 saturated heterocycles. The van der Waals surface area contributed by atoms with E-state index in [1.807, 2.05) is 0 Å². The van der Waals surface area contributed by atoms with Crippen LogP contribution in [0.25, 0.3) is 0 Å². The van der Waals surface area contributed by atoms with Gasteiger partial charge < -0.3 is 14.4 Å². The number of methoxy groups -OCH3 is 1. The molecule has 1 rings (SSSR count). The summed E-state index contributed by atoms with van der Waals surface area (Å²) in [5.41, 5.74) is 0.523. The maximum atomic E-state index is 10.8. The summed E-state index contributed by atoms with van der Waals surface area (Å²) in [6.45, 7) is 1.51. The fraction of sp³-hybridized carbons (Fsp3) is 0.400. The first-order valence-corrected chi connectivity index (χ1v) is 5.65. The van der Waals surface area contributed by atoms with Gasteiger partial charge in [0, 0.05) is 5.56 Å². The van der Waals surface area contributed by atoms with Gasteiger partial charge in [0.25, 0.3) is 0 Å². The van der Waals surface area contributed by atoms with E-state index in [1.54, 1.807) is 24.3 Å². The number of hydrogen-bond donors (Lipinski definition) is 2. The molecule has 5 heteroatoms. The average molecular weight is 230 g/mol. The molecule has 2 N–H and O–H groups in total. The number of ether oxygens (including phenoxy) is 1. The van der Waals surface area contributed by atoms with Crippen molar-refractivity contribution in [2.45, 2.75) is 18.3 Å². The molecule has 0 aliphatic carbocycles. The van der Waals surface area contributed by atoms with Crippen molar-refractivity contribution in [3.05, 3.63) is 29.8 Å². The van der Waals surface area contributed by atoms with Crippen LogP contribution in [0.5, 0.6) is 5.75 Å². The first-order chi connectivity index (χ1) is 7.07. The molecule has 3 atom stereocenters. The van der Waals surface area contributed by atoms with Gasteiger partial charge in [-0.15, -0.1) is 0 Å². The van der Waals surface area contributed by atoms with Crippen molar-refractivity contribution in [1.82, 2.24) is 0 Å². The van der Waals surface area contributed by atoms with Crippen LogP contribution >= 0.6 is 0 Å². The second-order valence-electron chi connectivity index (χ2n) is 3.17. The summed E-state index contributed by atoms with van der Waals surface area (Å²) in [6, 6.07) is 6.89. The van der Waals surface area contributed by atoms with Crippen LogP contribution in [-0.2, 0) is 11.1 Å². The van der Waals surface area contributed by atoms with E-state index in [2.05, 4.69) is 0 Å². The average Bonchev–Trinajstić information content (AvgIpc) is 2.26. The normalized spacial score (nSPS) is 16.8. The third-order valence-corrected chi connectivity index (χ3v) is 3.11. The van der Waals surface area contributed by atoms with Gasteiger partial charge in [0.2, 0.25) is 0 Å². The van der Waals surface area contributed by atoms with E-state index in [9.17, 15) is 9.32 Å². The van der Waals surface area contributed by atoms with Gasteiger partial charge in [-0.2, -0.15) is 0 Å². The molecule has 0 heterocycles. The Kier molecular flexibility index (Phi) is 4.26. The predicted octanol–water partition coefficient (Wildman–Crippen LogP) is 1.34. The Morgan fingerprint density at radius 1 is 1.40 bits per heavy atom. The van der Waals surface area contributed by atoms with Gasteiger partial charge >= 0.3 is 0 Å². The van der Waals surface area contributed by atoms with Crippen molar-refractivity contribution in [3.8, 4) is 5.75 Å². The van der Waals surface area contributed by atoms with Crippen LogP contribution in [0.15, 0.2) is 24.3 Å². The molecule has 0 amide bonds. The molecular formula is C10H14O4S. The van der Waals surface area contributed by atoms with Crippen LogP contribution in [0.3, 0.4) is 0 Å². The van der Waals surface area contributed by atoms with Crippen molar-refractivity contribution in [2.24, 2.45) is 0 Å². The van der Waals surface area contributed by atoms with E-state index in [0.29, 0.717) is 11.3 Å². The van der Waals surface area contributed by atoms with Crippen molar-refractivity contribution < 1.29 is 18.6 Å². The fourth-order valence-electron chi connectivity index (χ4n) is 1.27. The van der Waals surface area contributed by atoms with Gasteiger partial charge in [0.1, 0.15) is 5.75 Å². The summed E-state index contributed by atoms with van der Waals surface area (Å²) in [6.07, 6.45) is -1.01. The van der Waals surface area contributed by atoms with Crippen molar-refractivity contribution in [1.29, 1.82) is 0 Å². The topological polar surface area (TPSA) is 66.8 Å². The summed E-state index contributed by atoms with van der Waals surface area (Å²) in [4.78, 5) is 0. The lowest BCUT2D eigenvalue weighted by molar-refractivity contribution is 0.171. The van der Waals surface area contributed by atoms with E-state index >= 15 is 0 Å². The molecule has 0 aliphatic rings. The fourth-order valence-corrected chi connectivity index (χ4v) is 1.64. The second-order valence-corrected chi connectivity index (χ2v) is 4.46. The van der Waals surface area contributed by atoms with Gasteiger partial charge in [-0.3, -0.25) is 0 Å². The summed E-state index contributed by atoms with van der Waals surface area (Å²) < 4.78 is 24.8. The molecule has 0 radical (unpaired) electrons. The van der Waals surface area contributed by atoms with Crippen molar-refractivity contribution in [3.63, 3.8) is 0 Å². The number of hydrogen-bond acceptors (Lipinski definition) is 3. The van der Waals surface area contributed by atoms with Crippen LogP contribution in [0.4, 0.5) is 0 Å². The minimum Gasteiger partial charge on any atom is -0.496 e. The Morgan fingerprint density at radius 3 is 2.53 bits per heavy atom. The highest BCUT2D eigenvalue weighted by Crippen LogP contribution is 2.28. The van der Waals surface area contributed by atoms with E-state index < -0.39 is 22.4 Å². The summed E-state index contributed by atoms with van der Waals surface area (Å²) in [5.74, 6) is 0.516. The number of para-hydroxylation sites is 1. The van der Waals surface area contributed by atoms with Crippen molar-refractivity contribution >= 4 is 11.1 Å². The lowest BCUT2D eigenvalue weighted by Crippen LogP contribution is -2.20. The quantitative estimate of drug-likeness (QED) is 0.766. The zero-order valence-electron chi connectivity index (χ0n) is 8.58. The Hall–Kier alpha value is -0.910. The lowest BCUT2D eigenvalue weighted by Gasteiger charge is -2.18. The largest absolute Gasteiger partial charge is 0.496 e. The van der Waals surface area contributed by atoms with E-state index in [4.69, 9.17) is 9.29 Å². The summed E-state index contributed by atoms with van der Waals surface area (Å²) in [7, 11) is 1.49. The molecule has 4 nitrogen and oxygen atoms in total. The minimum absolute atomic E-state index is 0.516. The molecule has 1 aromatic rings. The molecule has 0 saturated carbocycles. The molecule has 0 aromatic heterocycles. The van der Waals surface area contributed by atoms with E-state index in [-0.39, 0.29) is 0 Å². The number of aliphatic hydroxyl groups excluding tert-OH is 1. The second kappa shape index (κ2) is 5.25. The first-order valence-electron chi connectivity index (χ1n) is 4.48. The standard InChI is InChI=1S/C10H14O4S/c1-7(15(12)13)10(11)8-5-3-4-6-9(8)14-2/h3-7,10-11H,1-2H3,(H,12,13)/t7-,10-/m1/s1. The van der Waals surface area contributed by atoms with Crippen LogP contribution in [0, 0.1) is 0 Å². The van der Waals surface area contributed by atoms with Gasteiger partial charge in [-0.05, 0) is 13.0 Å². The molecule has 0 bridgehead atoms. The molecule has 0 spiro atoms. The third-order valence-electron chi connectivity index (χ3n) is 2.22. The van der Waals surface area contributed by atoms with Crippen LogP contribution < -0.4 is 4.74 Å². The highest BCUT2D eigenvalue weighted by Gasteiger charge is 2.23. The van der Waals surface area contributed by atoms with Gasteiger partial charge in [0.05, 0.1) is 18.5 Å². The van der Waals surface area contributed by atoms with Crippen LogP contribution in [0.1, 0.15) is 18.6 Å². The number of aliphatic hydroxyl groups is 1. The third kappa shape index (κ3) is 2.77. The lowest BCUT2D eigenvalue weighted by atomic mass is 10.1. The van der Waals surface area contributed by atoms with Crippen molar-refractivity contribution in [2.75, 3.05) is 7.11 Å². The molecule has 84 valence electrons. The Morgan fingerprint density at radius 2 is 2.00 bits per heavy atom. The Balaban J connectivity index is 2.99. The number of benzene rings is 1. The molecule has 0 aliphatic heterocycles. The van der Waals surface area contributed by atoms with Crippen LogP contribution in [-0.4, -0.2) is 26.2 Å². The zero-order chi connectivity index (χ0) is 11.4. The minimum atomic E-state index is -2.06. The highest BCUT2D eigenvalue weighted by molar-refractivity contribution is 7.79. The molecule has 1 aromatic carbocycles. The number of rotatable bonds is 4. The monoisotopic (exact) mass is 230 g/mol. The zero-order valence-corrected chi connectivity index (χ0v) is 9.40. The van der Waals surface area contributed by atoms with E-state index in [0.717, 1.165) is 0 Å². The molecular weight excluding hydrogens is 216 g/mol. The first kappa shape index (κ1) is 12.2. The maximum Gasteiger partial charge on any atom is 0.158 e. The predicted molar refractivity (Wildman–Crippen MR) is 58.2 cm³/mol. The molecule has 1 unspecified atom stereocenters. The Labute approximate surface area is 91.2 Å². The van der Waals surface area contributed by atoms with Gasteiger partial charge in [-0.25, -0.2) is 4.21 Å². The summed E-state index contributed by atoms with van der Waals surface area (Å²) >= 11 is -2.06. The smallest absolute Gasteiger partial charge is 0.158 e. The van der Waals surface area contributed by atoms with Gasteiger partial charge in [-0.1, -0.05) is 18.2 Å². The van der Waals surface area contributed by atoms with Crippen LogP contribution in [0.2, 0.25) is 0 Å². The summed E-state index contributed by atoms with van der Waals surface area (Å²) in [5, 5.41) is 9.09. The maximum absolute atomic E-state index is 10.8.